The van der Waals surface area contributed by atoms with Gasteiger partial charge in [-0.15, -0.1) is 0 Å². The molecule has 0 saturated carbocycles. The lowest BCUT2D eigenvalue weighted by Gasteiger charge is -2.29. The number of aryl methyl sites for hydroxylation is 1. The average Bonchev–Trinajstić information content (AvgIpc) is 2.35. The molecule has 0 atom stereocenters. The van der Waals surface area contributed by atoms with Crippen molar-refractivity contribution in [3.63, 3.8) is 0 Å². The van der Waals surface area contributed by atoms with E-state index in [9.17, 15) is 14.4 Å². The number of ketones is 1. The van der Waals surface area contributed by atoms with E-state index in [0.29, 0.717) is 11.3 Å². The van der Waals surface area contributed by atoms with Gasteiger partial charge >= 0.3 is 11.9 Å². The Labute approximate surface area is 128 Å². The van der Waals surface area contributed by atoms with Crippen LogP contribution in [0.1, 0.15) is 36.7 Å². The molecule has 0 unspecified atom stereocenters. The van der Waals surface area contributed by atoms with Gasteiger partial charge in [0.25, 0.3) is 5.79 Å². The Morgan fingerprint density at radius 3 is 2.32 bits per heavy atom. The summed E-state index contributed by atoms with van der Waals surface area (Å²) >= 11 is 0. The fourth-order valence-electron chi connectivity index (χ4n) is 2.01. The molecule has 0 amide bonds. The molecule has 1 aliphatic heterocycles. The van der Waals surface area contributed by atoms with Crippen molar-refractivity contribution in [1.82, 2.24) is 0 Å². The van der Waals surface area contributed by atoms with E-state index in [4.69, 9.17) is 9.47 Å². The van der Waals surface area contributed by atoms with Crippen LogP contribution in [0.5, 0.6) is 0 Å². The highest BCUT2D eigenvalue weighted by atomic mass is 16.7. The van der Waals surface area contributed by atoms with E-state index in [0.717, 1.165) is 5.56 Å². The van der Waals surface area contributed by atoms with Crippen LogP contribution >= 0.6 is 0 Å². The van der Waals surface area contributed by atoms with Crippen molar-refractivity contribution in [1.29, 1.82) is 0 Å². The van der Waals surface area contributed by atoms with Gasteiger partial charge in [0.15, 0.2) is 11.4 Å². The fourth-order valence-corrected chi connectivity index (χ4v) is 2.01. The zero-order valence-electron chi connectivity index (χ0n) is 12.9. The maximum Gasteiger partial charge on any atom is 0.350 e. The molecule has 6 nitrogen and oxygen atoms in total. The Balaban J connectivity index is 2.29. The summed E-state index contributed by atoms with van der Waals surface area (Å²) in [6, 6.07) is 5.23. The average molecular weight is 303 g/mol. The van der Waals surface area contributed by atoms with E-state index in [-0.39, 0.29) is 11.4 Å². The Morgan fingerprint density at radius 1 is 1.18 bits per heavy atom. The third kappa shape index (κ3) is 3.33. The lowest BCUT2D eigenvalue weighted by molar-refractivity contribution is -0.222. The molecule has 116 valence electrons. The second kappa shape index (κ2) is 5.63. The number of nitrogens with one attached hydrogen (secondary N) is 1. The molecule has 1 aromatic rings. The number of cyclic esters (lactones) is 2. The summed E-state index contributed by atoms with van der Waals surface area (Å²) in [5, 5.41) is 2.81. The van der Waals surface area contributed by atoms with Crippen LogP contribution in [0, 0.1) is 6.92 Å². The normalized spacial score (nSPS) is 16.6. The molecule has 22 heavy (non-hydrogen) atoms. The lowest BCUT2D eigenvalue weighted by Crippen LogP contribution is -2.42. The molecule has 1 fully saturated rings. The molecule has 1 aromatic carbocycles. The number of ether oxygens (including phenoxy) is 2. The van der Waals surface area contributed by atoms with Gasteiger partial charge in [-0.1, -0.05) is 6.07 Å². The number of benzene rings is 1. The van der Waals surface area contributed by atoms with Crippen LogP contribution in [-0.2, 0) is 19.1 Å². The molecular weight excluding hydrogens is 286 g/mol. The highest BCUT2D eigenvalue weighted by Crippen LogP contribution is 2.24. The first kappa shape index (κ1) is 15.8. The van der Waals surface area contributed by atoms with Crippen molar-refractivity contribution in [3.8, 4) is 0 Å². The number of hydrogen-bond acceptors (Lipinski definition) is 6. The number of hydrogen-bond donors (Lipinski definition) is 1. The van der Waals surface area contributed by atoms with Gasteiger partial charge in [0.2, 0.25) is 0 Å². The van der Waals surface area contributed by atoms with Crippen LogP contribution in [0.4, 0.5) is 5.69 Å². The molecule has 0 bridgehead atoms. The van der Waals surface area contributed by atoms with Gasteiger partial charge in [-0.05, 0) is 31.5 Å². The van der Waals surface area contributed by atoms with Crippen LogP contribution in [0.3, 0.4) is 0 Å². The Hall–Kier alpha value is -2.63. The maximum absolute atomic E-state index is 11.8. The first-order valence-corrected chi connectivity index (χ1v) is 6.74. The minimum atomic E-state index is -1.28. The summed E-state index contributed by atoms with van der Waals surface area (Å²) in [7, 11) is 0. The highest BCUT2D eigenvalue weighted by molar-refractivity contribution is 6.15. The molecule has 0 spiro atoms. The van der Waals surface area contributed by atoms with E-state index >= 15 is 0 Å². The van der Waals surface area contributed by atoms with Gasteiger partial charge in [0, 0.05) is 31.3 Å². The minimum Gasteiger partial charge on any atom is -0.419 e. The van der Waals surface area contributed by atoms with E-state index in [1.165, 1.54) is 27.0 Å². The minimum absolute atomic E-state index is 0.129. The fraction of sp³-hybridized carbons (Fsp3) is 0.312. The predicted molar refractivity (Wildman–Crippen MR) is 79.2 cm³/mol. The first-order chi connectivity index (χ1) is 10.2. The van der Waals surface area contributed by atoms with Crippen molar-refractivity contribution < 1.29 is 23.9 Å². The third-order valence-corrected chi connectivity index (χ3v) is 3.04. The standard InChI is InChI=1S/C16H17NO5/c1-9-5-6-11(10(2)18)13(7-9)17-8-12-14(19)21-16(3,4)22-15(12)20/h5-8,17H,1-4H3. The molecule has 2 rings (SSSR count). The smallest absolute Gasteiger partial charge is 0.350 e. The molecule has 0 aliphatic carbocycles. The zero-order chi connectivity index (χ0) is 16.5. The van der Waals surface area contributed by atoms with E-state index in [2.05, 4.69) is 5.32 Å². The molecule has 1 saturated heterocycles. The van der Waals surface area contributed by atoms with Crippen molar-refractivity contribution in [2.24, 2.45) is 0 Å². The summed E-state index contributed by atoms with van der Waals surface area (Å²) in [5.41, 5.74) is 1.64. The third-order valence-electron chi connectivity index (χ3n) is 3.04. The van der Waals surface area contributed by atoms with Gasteiger partial charge in [-0.3, -0.25) is 4.79 Å². The second-order valence-electron chi connectivity index (χ2n) is 5.49. The van der Waals surface area contributed by atoms with Crippen molar-refractivity contribution >= 4 is 23.4 Å². The highest BCUT2D eigenvalue weighted by Gasteiger charge is 2.38. The van der Waals surface area contributed by atoms with Crippen molar-refractivity contribution in [3.05, 3.63) is 41.1 Å². The zero-order valence-corrected chi connectivity index (χ0v) is 12.9. The topological polar surface area (TPSA) is 81.7 Å². The number of anilines is 1. The molecule has 1 N–H and O–H groups in total. The van der Waals surface area contributed by atoms with Gasteiger partial charge in [-0.2, -0.15) is 0 Å². The van der Waals surface area contributed by atoms with Crippen LogP contribution in [0.25, 0.3) is 0 Å². The SMILES string of the molecule is CC(=O)c1ccc(C)cc1NC=C1C(=O)OC(C)(C)OC1=O. The number of Topliss-reactive ketones (excluding diaryl/α,β-unsaturated/α-hetero) is 1. The van der Waals surface area contributed by atoms with E-state index in [1.807, 2.05) is 6.92 Å². The van der Waals surface area contributed by atoms with Gasteiger partial charge in [-0.25, -0.2) is 9.59 Å². The Bertz CT molecular complexity index is 666. The quantitative estimate of drug-likeness (QED) is 0.399. The van der Waals surface area contributed by atoms with Crippen LogP contribution in [-0.4, -0.2) is 23.5 Å². The Kier molecular flexibility index (Phi) is 4.03. The van der Waals surface area contributed by atoms with Crippen LogP contribution in [0.15, 0.2) is 30.0 Å². The Morgan fingerprint density at radius 2 is 1.77 bits per heavy atom. The number of carbonyl (C=O) groups excluding carboxylic acids is 3. The first-order valence-electron chi connectivity index (χ1n) is 6.74. The van der Waals surface area contributed by atoms with Crippen LogP contribution in [0.2, 0.25) is 0 Å². The maximum atomic E-state index is 11.8. The van der Waals surface area contributed by atoms with Gasteiger partial charge in [0.05, 0.1) is 0 Å². The molecular formula is C16H17NO5. The second-order valence-corrected chi connectivity index (χ2v) is 5.49. The number of rotatable bonds is 3. The van der Waals surface area contributed by atoms with E-state index in [1.54, 1.807) is 18.2 Å². The molecule has 1 aliphatic rings. The molecule has 0 radical (unpaired) electrons. The van der Waals surface area contributed by atoms with E-state index < -0.39 is 17.7 Å². The van der Waals surface area contributed by atoms with Gasteiger partial charge < -0.3 is 14.8 Å². The monoisotopic (exact) mass is 303 g/mol. The summed E-state index contributed by atoms with van der Waals surface area (Å²) in [6.07, 6.45) is 1.20. The number of carbonyl (C=O) groups is 3. The summed E-state index contributed by atoms with van der Waals surface area (Å²) in [4.78, 5) is 35.3. The molecule has 1 heterocycles. The molecule has 0 aromatic heterocycles. The summed E-state index contributed by atoms with van der Waals surface area (Å²) in [5.74, 6) is -2.95. The largest absolute Gasteiger partial charge is 0.419 e. The van der Waals surface area contributed by atoms with Crippen molar-refractivity contribution in [2.45, 2.75) is 33.5 Å². The van der Waals surface area contributed by atoms with Crippen molar-refractivity contribution in [2.75, 3.05) is 5.32 Å². The van der Waals surface area contributed by atoms with Crippen LogP contribution < -0.4 is 5.32 Å². The summed E-state index contributed by atoms with van der Waals surface area (Å²) in [6.45, 7) is 6.26. The molecule has 6 heteroatoms. The number of esters is 2. The van der Waals surface area contributed by atoms with Gasteiger partial charge in [0.1, 0.15) is 0 Å². The lowest BCUT2D eigenvalue weighted by atomic mass is 10.1. The predicted octanol–water partition coefficient (Wildman–Crippen LogP) is 2.33. The summed E-state index contributed by atoms with van der Waals surface area (Å²) < 4.78 is 9.98.